The number of nitrogens with one attached hydrogen (secondary N) is 1. The first-order chi connectivity index (χ1) is 9.24. The molecule has 0 saturated heterocycles. The van der Waals surface area contributed by atoms with Crippen LogP contribution in [-0.4, -0.2) is 6.54 Å². The number of rotatable bonds is 5. The van der Waals surface area contributed by atoms with E-state index < -0.39 is 0 Å². The number of benzene rings is 1. The van der Waals surface area contributed by atoms with Crippen LogP contribution < -0.4 is 5.32 Å². The molecular weight excluding hydrogens is 230 g/mol. The minimum absolute atomic E-state index is 0.558. The molecule has 1 aliphatic carbocycles. The molecule has 1 aromatic rings. The molecule has 0 aromatic heterocycles. The maximum absolute atomic E-state index is 3.73. The molecule has 0 radical (unpaired) electrons. The summed E-state index contributed by atoms with van der Waals surface area (Å²) in [5, 5.41) is 3.73. The molecule has 0 bridgehead atoms. The summed E-state index contributed by atoms with van der Waals surface area (Å²) in [6.07, 6.45) is 7.00. The fourth-order valence-corrected chi connectivity index (χ4v) is 3.57. The smallest absolute Gasteiger partial charge is 0.0348 e. The maximum Gasteiger partial charge on any atom is 0.0348 e. The van der Waals surface area contributed by atoms with Crippen molar-refractivity contribution in [1.82, 2.24) is 5.32 Å². The van der Waals surface area contributed by atoms with Gasteiger partial charge in [0.2, 0.25) is 0 Å². The Morgan fingerprint density at radius 2 is 1.89 bits per heavy atom. The standard InChI is InChI=1S/C18H29N/c1-4-15-9-11-16(12-10-15)18(19-5-2)17-8-6-7-14(3)13-17/h6-8,13,15-16,18-19H,4-5,9-12H2,1-3H3. The average molecular weight is 259 g/mol. The molecule has 1 N–H and O–H groups in total. The molecular formula is C18H29N. The normalized spacial score (nSPS) is 25.2. The molecule has 0 spiro atoms. The molecule has 1 aromatic carbocycles. The Bertz CT molecular complexity index is 377. The van der Waals surface area contributed by atoms with Crippen molar-refractivity contribution in [3.05, 3.63) is 35.4 Å². The second kappa shape index (κ2) is 7.09. The molecule has 1 atom stereocenters. The minimum atomic E-state index is 0.558. The zero-order valence-electron chi connectivity index (χ0n) is 12.8. The molecule has 19 heavy (non-hydrogen) atoms. The fourth-order valence-electron chi connectivity index (χ4n) is 3.57. The van der Waals surface area contributed by atoms with Gasteiger partial charge in [-0.05, 0) is 43.7 Å². The first kappa shape index (κ1) is 14.6. The predicted octanol–water partition coefficient (Wildman–Crippen LogP) is 4.86. The van der Waals surface area contributed by atoms with E-state index in [0.29, 0.717) is 6.04 Å². The summed E-state index contributed by atoms with van der Waals surface area (Å²) < 4.78 is 0. The second-order valence-electron chi connectivity index (χ2n) is 6.14. The highest BCUT2D eigenvalue weighted by molar-refractivity contribution is 5.25. The van der Waals surface area contributed by atoms with E-state index in [1.165, 1.54) is 43.2 Å². The Kier molecular flexibility index (Phi) is 5.45. The highest BCUT2D eigenvalue weighted by Gasteiger charge is 2.27. The number of hydrogen-bond acceptors (Lipinski definition) is 1. The molecule has 1 nitrogen and oxygen atoms in total. The van der Waals surface area contributed by atoms with Crippen LogP contribution in [0.5, 0.6) is 0 Å². The van der Waals surface area contributed by atoms with E-state index >= 15 is 0 Å². The summed E-state index contributed by atoms with van der Waals surface area (Å²) in [5.74, 6) is 1.81. The lowest BCUT2D eigenvalue weighted by Gasteiger charge is -2.34. The number of aryl methyl sites for hydroxylation is 1. The quantitative estimate of drug-likeness (QED) is 0.796. The zero-order valence-corrected chi connectivity index (χ0v) is 12.8. The van der Waals surface area contributed by atoms with Crippen LogP contribution in [0.25, 0.3) is 0 Å². The van der Waals surface area contributed by atoms with Gasteiger partial charge < -0.3 is 5.32 Å². The van der Waals surface area contributed by atoms with Gasteiger partial charge in [-0.25, -0.2) is 0 Å². The summed E-state index contributed by atoms with van der Waals surface area (Å²) in [7, 11) is 0. The second-order valence-corrected chi connectivity index (χ2v) is 6.14. The first-order valence-corrected chi connectivity index (χ1v) is 8.04. The first-order valence-electron chi connectivity index (χ1n) is 8.04. The SMILES string of the molecule is CCNC(c1cccc(C)c1)C1CCC(CC)CC1. The molecule has 2 rings (SSSR count). The van der Waals surface area contributed by atoms with E-state index in [-0.39, 0.29) is 0 Å². The topological polar surface area (TPSA) is 12.0 Å². The van der Waals surface area contributed by atoms with Gasteiger partial charge in [0.05, 0.1) is 0 Å². The van der Waals surface area contributed by atoms with Crippen molar-refractivity contribution in [2.75, 3.05) is 6.54 Å². The van der Waals surface area contributed by atoms with E-state index in [9.17, 15) is 0 Å². The summed E-state index contributed by atoms with van der Waals surface area (Å²) >= 11 is 0. The van der Waals surface area contributed by atoms with Crippen molar-refractivity contribution in [2.45, 2.75) is 58.9 Å². The molecule has 1 heteroatoms. The largest absolute Gasteiger partial charge is 0.310 e. The summed E-state index contributed by atoms with van der Waals surface area (Å²) in [5.41, 5.74) is 2.87. The van der Waals surface area contributed by atoms with Gasteiger partial charge in [0.25, 0.3) is 0 Å². The van der Waals surface area contributed by atoms with Gasteiger partial charge in [0.1, 0.15) is 0 Å². The average Bonchev–Trinajstić information content (AvgIpc) is 2.45. The molecule has 1 unspecified atom stereocenters. The van der Waals surface area contributed by atoms with E-state index in [4.69, 9.17) is 0 Å². The molecule has 1 saturated carbocycles. The van der Waals surface area contributed by atoms with Crippen LogP contribution in [-0.2, 0) is 0 Å². The molecule has 0 heterocycles. The van der Waals surface area contributed by atoms with E-state index in [1.807, 2.05) is 0 Å². The van der Waals surface area contributed by atoms with Crippen LogP contribution >= 0.6 is 0 Å². The van der Waals surface area contributed by atoms with Crippen LogP contribution in [0.4, 0.5) is 0 Å². The summed E-state index contributed by atoms with van der Waals surface area (Å²) in [6, 6.07) is 9.61. The van der Waals surface area contributed by atoms with Gasteiger partial charge in [-0.15, -0.1) is 0 Å². The van der Waals surface area contributed by atoms with Crippen LogP contribution in [0.2, 0.25) is 0 Å². The molecule has 0 amide bonds. The van der Waals surface area contributed by atoms with Crippen molar-refractivity contribution in [2.24, 2.45) is 11.8 Å². The van der Waals surface area contributed by atoms with Crippen LogP contribution in [0.15, 0.2) is 24.3 Å². The molecule has 0 aliphatic heterocycles. The third kappa shape index (κ3) is 3.82. The highest BCUT2D eigenvalue weighted by atomic mass is 14.9. The fraction of sp³-hybridized carbons (Fsp3) is 0.667. The highest BCUT2D eigenvalue weighted by Crippen LogP contribution is 2.38. The van der Waals surface area contributed by atoms with Crippen molar-refractivity contribution < 1.29 is 0 Å². The van der Waals surface area contributed by atoms with Gasteiger partial charge in [-0.2, -0.15) is 0 Å². The van der Waals surface area contributed by atoms with Gasteiger partial charge in [-0.1, -0.05) is 62.9 Å². The van der Waals surface area contributed by atoms with E-state index in [0.717, 1.165) is 18.4 Å². The van der Waals surface area contributed by atoms with Crippen molar-refractivity contribution >= 4 is 0 Å². The van der Waals surface area contributed by atoms with E-state index in [2.05, 4.69) is 50.4 Å². The Morgan fingerprint density at radius 1 is 1.16 bits per heavy atom. The lowest BCUT2D eigenvalue weighted by molar-refractivity contribution is 0.220. The van der Waals surface area contributed by atoms with Crippen molar-refractivity contribution in [1.29, 1.82) is 0 Å². The third-order valence-electron chi connectivity index (χ3n) is 4.77. The Morgan fingerprint density at radius 3 is 2.47 bits per heavy atom. The Balaban J connectivity index is 2.08. The zero-order chi connectivity index (χ0) is 13.7. The Hall–Kier alpha value is -0.820. The van der Waals surface area contributed by atoms with Crippen LogP contribution in [0.3, 0.4) is 0 Å². The minimum Gasteiger partial charge on any atom is -0.310 e. The molecule has 106 valence electrons. The summed E-state index contributed by atoms with van der Waals surface area (Å²) in [4.78, 5) is 0. The van der Waals surface area contributed by atoms with Crippen LogP contribution in [0.1, 0.15) is 63.1 Å². The number of hydrogen-bond donors (Lipinski definition) is 1. The maximum atomic E-state index is 3.73. The molecule has 1 aliphatic rings. The third-order valence-corrected chi connectivity index (χ3v) is 4.77. The van der Waals surface area contributed by atoms with Gasteiger partial charge in [-0.3, -0.25) is 0 Å². The predicted molar refractivity (Wildman–Crippen MR) is 83.3 cm³/mol. The van der Waals surface area contributed by atoms with Crippen molar-refractivity contribution in [3.63, 3.8) is 0 Å². The van der Waals surface area contributed by atoms with Crippen molar-refractivity contribution in [3.8, 4) is 0 Å². The van der Waals surface area contributed by atoms with Gasteiger partial charge >= 0.3 is 0 Å². The van der Waals surface area contributed by atoms with E-state index in [1.54, 1.807) is 0 Å². The Labute approximate surface area is 118 Å². The lowest BCUT2D eigenvalue weighted by atomic mass is 9.76. The monoisotopic (exact) mass is 259 g/mol. The van der Waals surface area contributed by atoms with Gasteiger partial charge in [0, 0.05) is 6.04 Å². The lowest BCUT2D eigenvalue weighted by Crippen LogP contribution is -2.31. The van der Waals surface area contributed by atoms with Gasteiger partial charge in [0.15, 0.2) is 0 Å². The molecule has 1 fully saturated rings. The van der Waals surface area contributed by atoms with Crippen LogP contribution in [0, 0.1) is 18.8 Å². The summed E-state index contributed by atoms with van der Waals surface area (Å²) in [6.45, 7) is 7.82.